The maximum absolute atomic E-state index is 15.4. The molecule has 0 unspecified atom stereocenters. The van der Waals surface area contributed by atoms with E-state index in [2.05, 4.69) is 26.6 Å². The molecule has 1 heterocycles. The lowest BCUT2D eigenvalue weighted by Gasteiger charge is -2.37. The number of nitrogens with zero attached hydrogens (tertiary/aromatic N) is 8. The summed E-state index contributed by atoms with van der Waals surface area (Å²) in [6.07, 6.45) is 1.16. The highest BCUT2D eigenvalue weighted by molar-refractivity contribution is 6.01. The van der Waals surface area contributed by atoms with Crippen molar-refractivity contribution >= 4 is 76.8 Å². The monoisotopic (exact) mass is 1450 g/mol. The molecule has 1 fully saturated rings. The van der Waals surface area contributed by atoms with Gasteiger partial charge in [-0.05, 0) is 87.0 Å². The molecule has 27 heteroatoms. The first-order valence-electron chi connectivity index (χ1n) is 36.0. The summed E-state index contributed by atoms with van der Waals surface area (Å²) >= 11 is 0. The van der Waals surface area contributed by atoms with E-state index in [1.807, 2.05) is 74.5 Å². The van der Waals surface area contributed by atoms with Crippen LogP contribution in [-0.2, 0) is 83.2 Å². The second-order valence-corrected chi connectivity index (χ2v) is 28.3. The molecule has 0 aliphatic carbocycles. The zero-order chi connectivity index (χ0) is 77.9. The van der Waals surface area contributed by atoms with E-state index in [1.165, 1.54) is 65.9 Å². The zero-order valence-electron chi connectivity index (χ0n) is 63.7. The average Bonchev–Trinajstić information content (AvgIpc) is 0.788. The molecule has 1 aliphatic heterocycles. The first kappa shape index (κ1) is 85.8. The van der Waals surface area contributed by atoms with E-state index in [0.29, 0.717) is 37.2 Å². The Morgan fingerprint density at radius 3 is 1.44 bits per heavy atom. The van der Waals surface area contributed by atoms with E-state index >= 15 is 9.59 Å². The molecule has 10 atom stereocenters. The molecule has 0 saturated carbocycles. The Morgan fingerprint density at radius 1 is 0.486 bits per heavy atom. The van der Waals surface area contributed by atoms with Crippen LogP contribution in [0, 0.1) is 11.8 Å². The van der Waals surface area contributed by atoms with Gasteiger partial charge in [-0.25, -0.2) is 4.79 Å². The summed E-state index contributed by atoms with van der Waals surface area (Å²) < 4.78 is 0. The van der Waals surface area contributed by atoms with Crippen molar-refractivity contribution < 1.29 is 67.4 Å². The summed E-state index contributed by atoms with van der Waals surface area (Å²) in [5.41, 5.74) is 3.08. The normalized spacial score (nSPS) is 14.9. The summed E-state index contributed by atoms with van der Waals surface area (Å²) in [6.45, 7) is 12.5. The lowest BCUT2D eigenvalue weighted by atomic mass is 9.98. The lowest BCUT2D eigenvalue weighted by Crippen LogP contribution is -2.60. The van der Waals surface area contributed by atoms with E-state index in [0.717, 1.165) is 56.9 Å². The van der Waals surface area contributed by atoms with Crippen molar-refractivity contribution in [2.75, 3.05) is 82.1 Å². The predicted octanol–water partition coefficient (Wildman–Crippen LogP) is 3.25. The number of piperidine rings is 1. The molecule has 105 heavy (non-hydrogen) atoms. The Bertz CT molecular complexity index is 3580. The van der Waals surface area contributed by atoms with E-state index in [4.69, 9.17) is 0 Å². The van der Waals surface area contributed by atoms with Gasteiger partial charge >= 0.3 is 6.03 Å². The van der Waals surface area contributed by atoms with Gasteiger partial charge in [-0.1, -0.05) is 149 Å². The second-order valence-electron chi connectivity index (χ2n) is 28.3. The minimum absolute atomic E-state index is 0.00336. The third kappa shape index (κ3) is 25.7. The number of carbonyl (C=O) groups excluding carboxylic acids is 13. The molecule has 13 amide bonds. The van der Waals surface area contributed by atoms with Crippen LogP contribution in [-0.4, -0.2) is 264 Å². The second kappa shape index (κ2) is 41.6. The van der Waals surface area contributed by atoms with Crippen LogP contribution in [0.3, 0.4) is 0 Å². The number of hydrogen-bond acceptors (Lipinski definition) is 15. The van der Waals surface area contributed by atoms with Gasteiger partial charge in [0.2, 0.25) is 59.1 Å². The predicted molar refractivity (Wildman–Crippen MR) is 398 cm³/mol. The van der Waals surface area contributed by atoms with Gasteiger partial charge in [0, 0.05) is 95.2 Å². The maximum atomic E-state index is 15.4. The van der Waals surface area contributed by atoms with Crippen LogP contribution >= 0.6 is 0 Å². The minimum atomic E-state index is -1.65. The highest BCUT2D eigenvalue weighted by Gasteiger charge is 2.42. The molecular formula is C78H111N13O14. The van der Waals surface area contributed by atoms with Gasteiger partial charge < -0.3 is 60.3 Å². The molecule has 0 spiro atoms. The summed E-state index contributed by atoms with van der Waals surface area (Å²) in [4.78, 5) is 196. The van der Waals surface area contributed by atoms with Gasteiger partial charge in [0.1, 0.15) is 42.3 Å². The Hall–Kier alpha value is -9.89. The third-order valence-corrected chi connectivity index (χ3v) is 19.3. The molecule has 572 valence electrons. The van der Waals surface area contributed by atoms with E-state index in [-0.39, 0.29) is 43.4 Å². The number of likely N-dealkylation sites (tertiary alicyclic amines) is 1. The largest absolute Gasteiger partial charge is 0.391 e. The molecule has 0 bridgehead atoms. The Morgan fingerprint density at radius 2 is 0.952 bits per heavy atom. The third-order valence-electron chi connectivity index (χ3n) is 19.3. The topological polar surface area (TPSA) is 328 Å². The number of urea groups is 1. The zero-order valence-corrected chi connectivity index (χ0v) is 63.7. The highest BCUT2D eigenvalue weighted by Crippen LogP contribution is 2.21. The van der Waals surface area contributed by atoms with E-state index < -0.39 is 151 Å². The number of imide groups is 1. The molecule has 27 nitrogen and oxygen atoms in total. The van der Waals surface area contributed by atoms with Crippen molar-refractivity contribution in [3.63, 3.8) is 0 Å². The molecule has 0 aromatic heterocycles. The molecule has 5 rings (SSSR count). The van der Waals surface area contributed by atoms with Crippen LogP contribution in [0.1, 0.15) is 110 Å². The van der Waals surface area contributed by atoms with Crippen molar-refractivity contribution in [3.05, 3.63) is 144 Å². The number of likely N-dealkylation sites (N-methyl/N-ethyl adjacent to an activating group) is 7. The van der Waals surface area contributed by atoms with Gasteiger partial charge in [-0.3, -0.25) is 68.2 Å². The first-order valence-corrected chi connectivity index (χ1v) is 36.0. The van der Waals surface area contributed by atoms with Gasteiger partial charge in [-0.2, -0.15) is 0 Å². The van der Waals surface area contributed by atoms with Crippen molar-refractivity contribution in [1.29, 1.82) is 0 Å². The molecule has 4 aromatic rings. The highest BCUT2D eigenvalue weighted by atomic mass is 16.3. The number of aliphatic hydroxyl groups is 1. The number of aliphatic hydroxyl groups excluding tert-OH is 1. The van der Waals surface area contributed by atoms with E-state index in [1.54, 1.807) is 98.3 Å². The number of hydrogen-bond donors (Lipinski definition) is 6. The fourth-order valence-corrected chi connectivity index (χ4v) is 12.4. The molecule has 0 radical (unpaired) electrons. The number of rotatable bonds is 37. The van der Waals surface area contributed by atoms with Crippen LogP contribution in [0.4, 0.5) is 4.79 Å². The van der Waals surface area contributed by atoms with Crippen molar-refractivity contribution in [3.8, 4) is 0 Å². The standard InChI is InChI=1S/C78H111N13O14/c1-50(2)43-61(71(98)83-78(105)90(15)63(45-58-35-25-18-26-36-58)74(101)84(9)42-39-56-31-21-16-22-32-56)88(13)76(103)68(51(3)4)82-66(95)49-85(10)67(96)47-60(79-48-65(94)53(6)86(11)77(104)69(54(7)92)81-55(8)93)73(100)89(14)64(46-59-37-27-19-28-38-59)75(102)87(12)62(44-57-33-23-17-24-34-57)70(97)80-52(5)72(99)91-40-29-20-30-41-91/h16-19,21-28,31-38,50-54,60-64,68-69,79,92H,20,29-30,39-49H2,1-15H3,(H,80,97)(H,81,93)(H,82,95)(H,83,98,105)/t52-,53-,54+,60-,61-,62-,63-,64-,68-,69-/m0/s1. The van der Waals surface area contributed by atoms with Gasteiger partial charge in [0.15, 0.2) is 5.78 Å². The van der Waals surface area contributed by atoms with Crippen LogP contribution < -0.4 is 26.6 Å². The number of carbonyl (C=O) groups is 13. The number of Topliss-reactive ketones (excluding diaryl/α,β-unsaturated/α-hetero) is 1. The molecule has 4 aromatic carbocycles. The van der Waals surface area contributed by atoms with Crippen molar-refractivity contribution in [2.24, 2.45) is 11.8 Å². The summed E-state index contributed by atoms with van der Waals surface area (Å²) in [5, 5.41) is 23.7. The molecule has 1 aliphatic rings. The first-order chi connectivity index (χ1) is 49.6. The Labute approximate surface area is 618 Å². The molecule has 1 saturated heterocycles. The van der Waals surface area contributed by atoms with Crippen LogP contribution in [0.15, 0.2) is 121 Å². The van der Waals surface area contributed by atoms with Crippen LogP contribution in [0.5, 0.6) is 0 Å². The summed E-state index contributed by atoms with van der Waals surface area (Å²) in [6, 6.07) is 24.1. The number of ketones is 1. The van der Waals surface area contributed by atoms with Crippen molar-refractivity contribution in [2.45, 2.75) is 174 Å². The van der Waals surface area contributed by atoms with E-state index in [9.17, 15) is 57.8 Å². The Balaban J connectivity index is 1.41. The quantitative estimate of drug-likeness (QED) is 0.0378. The average molecular weight is 1450 g/mol. The number of amides is 13. The lowest BCUT2D eigenvalue weighted by molar-refractivity contribution is -0.149. The van der Waals surface area contributed by atoms with Crippen LogP contribution in [0.25, 0.3) is 0 Å². The fourth-order valence-electron chi connectivity index (χ4n) is 12.4. The molecule has 6 N–H and O–H groups in total. The van der Waals surface area contributed by atoms with Gasteiger partial charge in [-0.15, -0.1) is 0 Å². The fraction of sp³-hybridized carbons (Fsp3) is 0.526. The van der Waals surface area contributed by atoms with Gasteiger partial charge in [0.05, 0.1) is 37.7 Å². The smallest absolute Gasteiger partial charge is 0.324 e. The maximum Gasteiger partial charge on any atom is 0.324 e. The summed E-state index contributed by atoms with van der Waals surface area (Å²) in [7, 11) is 9.79. The molecular weight excluding hydrogens is 1340 g/mol. The van der Waals surface area contributed by atoms with Crippen LogP contribution in [0.2, 0.25) is 0 Å². The SMILES string of the molecule is CC(=O)N[C@H](C(=O)N(C)[C@@H](C)C(=O)CN[C@@H](CC(=O)N(C)CC(=O)N[C@H](C(=O)N(C)[C@@H](CC(C)C)C(=O)NC(=O)N(C)[C@@H](Cc1ccccc1)C(=O)N(C)CCc1ccccc1)C(C)C)C(=O)N(C)[C@@H](Cc1ccccc1)C(=O)N(C)[C@@H](Cc1ccccc1)C(=O)N[C@@H](C)C(=O)N1CCCCC1)[C@@H](C)O. The van der Waals surface area contributed by atoms with Gasteiger partial charge in [0.25, 0.3) is 5.91 Å². The van der Waals surface area contributed by atoms with Crippen molar-refractivity contribution in [1.82, 2.24) is 65.8 Å². The number of benzene rings is 4. The minimum Gasteiger partial charge on any atom is -0.391 e. The summed E-state index contributed by atoms with van der Waals surface area (Å²) in [5.74, 6) is -8.98. The number of nitrogens with one attached hydrogen (secondary N) is 5. The Kier molecular flexibility index (Phi) is 33.9.